The van der Waals surface area contributed by atoms with Crippen molar-refractivity contribution in [2.24, 2.45) is 7.05 Å². The average molecular weight is 599 g/mol. The van der Waals surface area contributed by atoms with Gasteiger partial charge < -0.3 is 19.5 Å². The Kier molecular flexibility index (Phi) is 7.47. The van der Waals surface area contributed by atoms with Crippen LogP contribution in [-0.4, -0.2) is 43.1 Å². The number of amides is 1. The molecule has 41 heavy (non-hydrogen) atoms. The molecule has 0 fully saturated rings. The Labute approximate surface area is 239 Å². The first-order valence-corrected chi connectivity index (χ1v) is 13.9. The second-order valence-corrected chi connectivity index (χ2v) is 11.0. The highest BCUT2D eigenvalue weighted by Crippen LogP contribution is 2.34. The normalized spacial score (nSPS) is 12.2. The standard InChI is InChI=1S/C27H23ClN4O8S/c1-16-25(26(34)32(31(16)2)20-6-4-3-5-7-20)30-41(36,37)21-11-17(10-18(28)12-21)27(35)38-14-24(33)29-19-8-9-22-23(13-19)40-15-39-22/h3-13,30H,14-15H2,1-2H3,(H,29,33). The van der Waals surface area contributed by atoms with E-state index >= 15 is 0 Å². The van der Waals surface area contributed by atoms with Crippen molar-refractivity contribution in [1.82, 2.24) is 9.36 Å². The fourth-order valence-electron chi connectivity index (χ4n) is 4.10. The van der Waals surface area contributed by atoms with E-state index in [0.29, 0.717) is 28.6 Å². The maximum atomic E-state index is 13.3. The molecule has 1 amide bonds. The predicted octanol–water partition coefficient (Wildman–Crippen LogP) is 3.46. The van der Waals surface area contributed by atoms with Crippen molar-refractivity contribution in [3.8, 4) is 17.2 Å². The molecule has 0 bridgehead atoms. The van der Waals surface area contributed by atoms with Crippen LogP contribution in [0.4, 0.5) is 11.4 Å². The molecule has 3 aromatic carbocycles. The number of para-hydroxylation sites is 1. The molecule has 2 N–H and O–H groups in total. The summed E-state index contributed by atoms with van der Waals surface area (Å²) in [6.45, 7) is 1.02. The summed E-state index contributed by atoms with van der Waals surface area (Å²) in [7, 11) is -2.75. The van der Waals surface area contributed by atoms with E-state index in [-0.39, 0.29) is 28.0 Å². The van der Waals surface area contributed by atoms with Crippen molar-refractivity contribution in [3.63, 3.8) is 0 Å². The summed E-state index contributed by atoms with van der Waals surface area (Å²) >= 11 is 6.12. The first-order chi connectivity index (χ1) is 19.5. The van der Waals surface area contributed by atoms with Crippen LogP contribution in [0.5, 0.6) is 11.5 Å². The van der Waals surface area contributed by atoms with Crippen LogP contribution >= 0.6 is 11.6 Å². The predicted molar refractivity (Wildman–Crippen MR) is 149 cm³/mol. The third-order valence-electron chi connectivity index (χ3n) is 6.20. The number of nitrogens with zero attached hydrogens (tertiary/aromatic N) is 2. The number of sulfonamides is 1. The molecule has 4 aromatic rings. The van der Waals surface area contributed by atoms with Gasteiger partial charge in [-0.15, -0.1) is 0 Å². The van der Waals surface area contributed by atoms with E-state index in [2.05, 4.69) is 10.0 Å². The van der Waals surface area contributed by atoms with Gasteiger partial charge in [-0.3, -0.25) is 19.0 Å². The molecule has 12 nitrogen and oxygen atoms in total. The zero-order chi connectivity index (χ0) is 29.3. The summed E-state index contributed by atoms with van der Waals surface area (Å²) in [4.78, 5) is 37.8. The lowest BCUT2D eigenvalue weighted by Crippen LogP contribution is -2.23. The summed E-state index contributed by atoms with van der Waals surface area (Å²) in [6, 6.07) is 16.9. The van der Waals surface area contributed by atoms with E-state index in [1.54, 1.807) is 62.5 Å². The zero-order valence-corrected chi connectivity index (χ0v) is 23.3. The molecule has 0 spiro atoms. The molecule has 2 heterocycles. The molecule has 0 aliphatic carbocycles. The van der Waals surface area contributed by atoms with Gasteiger partial charge in [0.25, 0.3) is 21.5 Å². The Bertz CT molecular complexity index is 1830. The molecule has 1 aliphatic heterocycles. The van der Waals surface area contributed by atoms with E-state index in [1.807, 2.05) is 0 Å². The number of ether oxygens (including phenoxy) is 3. The molecule has 0 saturated carbocycles. The zero-order valence-electron chi connectivity index (χ0n) is 21.7. The van der Waals surface area contributed by atoms with Crippen LogP contribution < -0.4 is 25.1 Å². The largest absolute Gasteiger partial charge is 0.454 e. The van der Waals surface area contributed by atoms with E-state index in [1.165, 1.54) is 15.4 Å². The Morgan fingerprint density at radius 2 is 1.76 bits per heavy atom. The minimum Gasteiger partial charge on any atom is -0.454 e. The van der Waals surface area contributed by atoms with Gasteiger partial charge in [0.05, 0.1) is 21.8 Å². The fourth-order valence-corrected chi connectivity index (χ4v) is 5.59. The topological polar surface area (TPSA) is 147 Å². The maximum Gasteiger partial charge on any atom is 0.338 e. The van der Waals surface area contributed by atoms with Crippen LogP contribution in [0.15, 0.2) is 76.4 Å². The van der Waals surface area contributed by atoms with Gasteiger partial charge in [0.2, 0.25) is 6.79 Å². The van der Waals surface area contributed by atoms with E-state index in [9.17, 15) is 22.8 Å². The Morgan fingerprint density at radius 1 is 1.02 bits per heavy atom. The highest BCUT2D eigenvalue weighted by Gasteiger charge is 2.24. The highest BCUT2D eigenvalue weighted by atomic mass is 35.5. The minimum absolute atomic E-state index is 0.0730. The van der Waals surface area contributed by atoms with E-state index < -0.39 is 34.1 Å². The van der Waals surface area contributed by atoms with Crippen molar-refractivity contribution in [2.75, 3.05) is 23.4 Å². The number of hydrogen-bond acceptors (Lipinski definition) is 8. The lowest BCUT2D eigenvalue weighted by molar-refractivity contribution is -0.119. The van der Waals surface area contributed by atoms with Crippen LogP contribution in [-0.2, 0) is 26.6 Å². The molecular formula is C27H23ClN4O8S. The number of rotatable bonds is 8. The number of halogens is 1. The van der Waals surface area contributed by atoms with Crippen molar-refractivity contribution in [2.45, 2.75) is 11.8 Å². The monoisotopic (exact) mass is 598 g/mol. The summed E-state index contributed by atoms with van der Waals surface area (Å²) in [5.74, 6) is -0.610. The average Bonchev–Trinajstić information content (AvgIpc) is 3.49. The smallest absolute Gasteiger partial charge is 0.338 e. The summed E-state index contributed by atoms with van der Waals surface area (Å²) in [5, 5.41) is 2.49. The lowest BCUT2D eigenvalue weighted by atomic mass is 10.2. The highest BCUT2D eigenvalue weighted by molar-refractivity contribution is 7.92. The number of fused-ring (bicyclic) bond motifs is 1. The molecule has 14 heteroatoms. The van der Waals surface area contributed by atoms with Crippen LogP contribution in [0.3, 0.4) is 0 Å². The molecule has 5 rings (SSSR count). The number of carbonyl (C=O) groups excluding carboxylic acids is 2. The van der Waals surface area contributed by atoms with Crippen molar-refractivity contribution < 1.29 is 32.2 Å². The SMILES string of the molecule is Cc1c(NS(=O)(=O)c2cc(Cl)cc(C(=O)OCC(=O)Nc3ccc4c(c3)OCO4)c2)c(=O)n(-c2ccccc2)n1C. The summed E-state index contributed by atoms with van der Waals surface area (Å²) < 4.78 is 47.3. The number of nitrogens with one attached hydrogen (secondary N) is 2. The minimum atomic E-state index is -4.37. The molecule has 0 atom stereocenters. The van der Waals surface area contributed by atoms with Crippen LogP contribution in [0.2, 0.25) is 5.02 Å². The van der Waals surface area contributed by atoms with E-state index in [0.717, 1.165) is 12.1 Å². The number of hydrogen-bond donors (Lipinski definition) is 2. The second kappa shape index (κ2) is 11.0. The second-order valence-electron chi connectivity index (χ2n) is 8.91. The van der Waals surface area contributed by atoms with Crippen molar-refractivity contribution in [3.05, 3.63) is 93.4 Å². The molecule has 1 aliphatic rings. The van der Waals surface area contributed by atoms with Crippen molar-refractivity contribution >= 4 is 44.9 Å². The van der Waals surface area contributed by atoms with Gasteiger partial charge in [-0.25, -0.2) is 17.9 Å². The third-order valence-corrected chi connectivity index (χ3v) is 7.75. The molecule has 0 unspecified atom stereocenters. The maximum absolute atomic E-state index is 13.3. The molecule has 1 aromatic heterocycles. The summed E-state index contributed by atoms with van der Waals surface area (Å²) in [6.07, 6.45) is 0. The number of carbonyl (C=O) groups is 2. The van der Waals surface area contributed by atoms with Crippen LogP contribution in [0, 0.1) is 6.92 Å². The van der Waals surface area contributed by atoms with E-state index in [4.69, 9.17) is 25.8 Å². The molecule has 0 radical (unpaired) electrons. The number of benzene rings is 3. The van der Waals surface area contributed by atoms with Gasteiger partial charge in [-0.05, 0) is 49.4 Å². The van der Waals surface area contributed by atoms with Crippen LogP contribution in [0.25, 0.3) is 5.69 Å². The molecular weight excluding hydrogens is 576 g/mol. The quantitative estimate of drug-likeness (QED) is 0.293. The van der Waals surface area contributed by atoms with Gasteiger partial charge in [0.15, 0.2) is 18.1 Å². The van der Waals surface area contributed by atoms with Crippen molar-refractivity contribution in [1.29, 1.82) is 0 Å². The summed E-state index contributed by atoms with van der Waals surface area (Å²) in [5.41, 5.74) is 0.345. The first kappa shape index (κ1) is 27.8. The van der Waals surface area contributed by atoms with Gasteiger partial charge in [-0.2, -0.15) is 0 Å². The third kappa shape index (κ3) is 5.76. The van der Waals surface area contributed by atoms with Crippen LogP contribution in [0.1, 0.15) is 16.1 Å². The van der Waals surface area contributed by atoms with Gasteiger partial charge in [-0.1, -0.05) is 29.8 Å². The Hall–Kier alpha value is -4.75. The Balaban J connectivity index is 1.31. The first-order valence-electron chi connectivity index (χ1n) is 12.1. The molecule has 212 valence electrons. The number of anilines is 2. The van der Waals surface area contributed by atoms with Gasteiger partial charge in [0, 0.05) is 23.8 Å². The lowest BCUT2D eigenvalue weighted by Gasteiger charge is -2.10. The number of aromatic nitrogens is 2. The number of esters is 1. The van der Waals surface area contributed by atoms with Gasteiger partial charge >= 0.3 is 5.97 Å². The molecule has 0 saturated heterocycles. The Morgan fingerprint density at radius 3 is 2.51 bits per heavy atom. The van der Waals surface area contributed by atoms with Gasteiger partial charge in [0.1, 0.15) is 5.69 Å². The fraction of sp³-hybridized carbons (Fsp3) is 0.148.